The smallest absolute Gasteiger partial charge is 0.209 e. The Morgan fingerprint density at radius 2 is 2.44 bits per heavy atom. The van der Waals surface area contributed by atoms with Crippen molar-refractivity contribution >= 4 is 5.90 Å². The van der Waals surface area contributed by atoms with Gasteiger partial charge in [-0.1, -0.05) is 0 Å². The molecule has 1 heterocycles. The molecule has 0 spiro atoms. The van der Waals surface area contributed by atoms with E-state index in [2.05, 4.69) is 4.99 Å². The molecular weight excluding hydrogens is 118 g/mol. The van der Waals surface area contributed by atoms with Crippen LogP contribution in [-0.2, 0) is 4.74 Å². The Balaban J connectivity index is 2.37. The largest absolute Gasteiger partial charge is 0.479 e. The second kappa shape index (κ2) is 3.45. The van der Waals surface area contributed by atoms with E-state index in [4.69, 9.17) is 9.84 Å². The third-order valence-corrected chi connectivity index (χ3v) is 1.24. The highest BCUT2D eigenvalue weighted by Gasteiger charge is 2.01. The minimum absolute atomic E-state index is 0.0556. The van der Waals surface area contributed by atoms with Gasteiger partial charge >= 0.3 is 0 Å². The molecule has 0 saturated carbocycles. The molecule has 0 fully saturated rings. The fourth-order valence-electron chi connectivity index (χ4n) is 0.749. The molecule has 0 atom stereocenters. The van der Waals surface area contributed by atoms with E-state index in [1.54, 1.807) is 0 Å². The van der Waals surface area contributed by atoms with Gasteiger partial charge in [0.1, 0.15) is 6.61 Å². The fourth-order valence-corrected chi connectivity index (χ4v) is 0.749. The normalized spacial score (nSPS) is 19.9. The van der Waals surface area contributed by atoms with Gasteiger partial charge in [-0.25, -0.2) is 0 Å². The van der Waals surface area contributed by atoms with Crippen molar-refractivity contribution in [3.05, 3.63) is 0 Å². The number of aliphatic imine (C=N–C) groups is 1. The molecule has 3 nitrogen and oxygen atoms in total. The Morgan fingerprint density at radius 3 is 3.22 bits per heavy atom. The number of aliphatic hydroxyl groups is 1. The fraction of sp³-hybridized carbons (Fsp3) is 0.833. The van der Waals surface area contributed by atoms with Gasteiger partial charge in [0.2, 0.25) is 5.90 Å². The molecule has 1 N–H and O–H groups in total. The third-order valence-electron chi connectivity index (χ3n) is 1.24. The highest BCUT2D eigenvalue weighted by Crippen LogP contribution is 1.97. The Hall–Kier alpha value is -0.570. The van der Waals surface area contributed by atoms with Crippen molar-refractivity contribution < 1.29 is 9.84 Å². The topological polar surface area (TPSA) is 41.8 Å². The first kappa shape index (κ1) is 6.55. The van der Waals surface area contributed by atoms with Crippen LogP contribution in [0.25, 0.3) is 0 Å². The molecule has 0 aromatic rings. The molecule has 1 aliphatic heterocycles. The van der Waals surface area contributed by atoms with Gasteiger partial charge in [0, 0.05) is 6.54 Å². The van der Waals surface area contributed by atoms with Gasteiger partial charge in [0.05, 0.1) is 6.61 Å². The number of rotatable bonds is 1. The molecule has 9 heavy (non-hydrogen) atoms. The quantitative estimate of drug-likeness (QED) is 0.549. The predicted molar refractivity (Wildman–Crippen MR) is 34.6 cm³/mol. The van der Waals surface area contributed by atoms with E-state index in [-0.39, 0.29) is 6.61 Å². The van der Waals surface area contributed by atoms with Crippen molar-refractivity contribution in [2.45, 2.75) is 12.8 Å². The van der Waals surface area contributed by atoms with E-state index in [1.165, 1.54) is 0 Å². The second-order valence-electron chi connectivity index (χ2n) is 1.99. The first-order valence-corrected chi connectivity index (χ1v) is 3.20. The summed E-state index contributed by atoms with van der Waals surface area (Å²) in [6.45, 7) is 1.45. The number of hydrogen-bond donors (Lipinski definition) is 1. The van der Waals surface area contributed by atoms with Gasteiger partial charge in [0.15, 0.2) is 0 Å². The first-order valence-electron chi connectivity index (χ1n) is 3.20. The Bertz CT molecular complexity index is 112. The van der Waals surface area contributed by atoms with E-state index in [0.717, 1.165) is 19.4 Å². The second-order valence-corrected chi connectivity index (χ2v) is 1.99. The van der Waals surface area contributed by atoms with E-state index in [1.807, 2.05) is 0 Å². The monoisotopic (exact) mass is 129 g/mol. The van der Waals surface area contributed by atoms with Crippen LogP contribution in [0.1, 0.15) is 12.8 Å². The summed E-state index contributed by atoms with van der Waals surface area (Å²) in [4.78, 5) is 3.99. The molecule has 0 saturated heterocycles. The van der Waals surface area contributed by atoms with Crippen LogP contribution in [0, 0.1) is 0 Å². The van der Waals surface area contributed by atoms with Crippen molar-refractivity contribution in [2.75, 3.05) is 19.8 Å². The lowest BCUT2D eigenvalue weighted by atomic mass is 10.3. The van der Waals surface area contributed by atoms with Crippen LogP contribution >= 0.6 is 0 Å². The van der Waals surface area contributed by atoms with Crippen LogP contribution < -0.4 is 0 Å². The molecule has 3 heteroatoms. The summed E-state index contributed by atoms with van der Waals surface area (Å²) in [6, 6.07) is 0. The summed E-state index contributed by atoms with van der Waals surface area (Å²) in [5.41, 5.74) is 0. The third kappa shape index (κ3) is 2.01. The average molecular weight is 129 g/mol. The molecule has 0 aromatic heterocycles. The summed E-state index contributed by atoms with van der Waals surface area (Å²) in [6.07, 6.45) is 2.12. The molecule has 0 aromatic carbocycles. The zero-order chi connectivity index (χ0) is 6.53. The maximum Gasteiger partial charge on any atom is 0.209 e. The van der Waals surface area contributed by atoms with E-state index in [9.17, 15) is 0 Å². The summed E-state index contributed by atoms with van der Waals surface area (Å²) < 4.78 is 5.05. The van der Waals surface area contributed by atoms with Crippen LogP contribution in [0.3, 0.4) is 0 Å². The Morgan fingerprint density at radius 1 is 1.56 bits per heavy atom. The maximum atomic E-state index is 8.56. The lowest BCUT2D eigenvalue weighted by molar-refractivity contribution is 0.255. The first-order chi connectivity index (χ1) is 4.43. The number of nitrogens with zero attached hydrogens (tertiary/aromatic N) is 1. The van der Waals surface area contributed by atoms with Gasteiger partial charge in [-0.15, -0.1) is 0 Å². The van der Waals surface area contributed by atoms with Gasteiger partial charge < -0.3 is 9.84 Å². The molecule has 0 aliphatic carbocycles. The molecule has 1 aliphatic rings. The van der Waals surface area contributed by atoms with Gasteiger partial charge in [-0.3, -0.25) is 4.99 Å². The Labute approximate surface area is 54.4 Å². The van der Waals surface area contributed by atoms with Crippen molar-refractivity contribution in [1.29, 1.82) is 0 Å². The van der Waals surface area contributed by atoms with Crippen molar-refractivity contribution in [3.63, 3.8) is 0 Å². The Kier molecular flexibility index (Phi) is 2.51. The summed E-state index contributed by atoms with van der Waals surface area (Å²) in [7, 11) is 0. The molecular formula is C6H11NO2. The zero-order valence-corrected chi connectivity index (χ0v) is 5.34. The van der Waals surface area contributed by atoms with E-state index >= 15 is 0 Å². The summed E-state index contributed by atoms with van der Waals surface area (Å²) in [5.74, 6) is 0.493. The summed E-state index contributed by atoms with van der Waals surface area (Å²) >= 11 is 0. The molecule has 0 bridgehead atoms. The minimum atomic E-state index is -0.0556. The van der Waals surface area contributed by atoms with Gasteiger partial charge in [0.25, 0.3) is 0 Å². The van der Waals surface area contributed by atoms with Crippen LogP contribution in [0.2, 0.25) is 0 Å². The average Bonchev–Trinajstić information content (AvgIpc) is 2.13. The van der Waals surface area contributed by atoms with Gasteiger partial charge in [-0.2, -0.15) is 0 Å². The van der Waals surface area contributed by atoms with Crippen molar-refractivity contribution in [1.82, 2.24) is 0 Å². The molecule has 0 unspecified atom stereocenters. The van der Waals surface area contributed by atoms with Gasteiger partial charge in [-0.05, 0) is 12.8 Å². The SMILES string of the molecule is OCC1=NCCCCO1. The molecule has 0 amide bonds. The standard InChI is InChI=1S/C6H11NO2/c8-5-6-7-3-1-2-4-9-6/h8H,1-5H2. The van der Waals surface area contributed by atoms with Crippen molar-refractivity contribution in [2.24, 2.45) is 4.99 Å². The number of ether oxygens (including phenoxy) is 1. The lowest BCUT2D eigenvalue weighted by Crippen LogP contribution is -2.08. The lowest BCUT2D eigenvalue weighted by Gasteiger charge is -2.00. The van der Waals surface area contributed by atoms with Crippen LogP contribution in [0.15, 0.2) is 4.99 Å². The molecule has 52 valence electrons. The van der Waals surface area contributed by atoms with Crippen molar-refractivity contribution in [3.8, 4) is 0 Å². The highest BCUT2D eigenvalue weighted by atomic mass is 16.5. The number of hydrogen-bond acceptors (Lipinski definition) is 3. The maximum absolute atomic E-state index is 8.56. The highest BCUT2D eigenvalue weighted by molar-refractivity contribution is 5.77. The summed E-state index contributed by atoms with van der Waals surface area (Å²) in [5, 5.41) is 8.56. The molecule has 0 radical (unpaired) electrons. The zero-order valence-electron chi connectivity index (χ0n) is 5.34. The predicted octanol–water partition coefficient (Wildman–Crippen LogP) is 0.188. The van der Waals surface area contributed by atoms with Crippen LogP contribution in [0.4, 0.5) is 0 Å². The number of aliphatic hydroxyl groups excluding tert-OH is 1. The van der Waals surface area contributed by atoms with E-state index in [0.29, 0.717) is 12.5 Å². The van der Waals surface area contributed by atoms with Crippen LogP contribution in [-0.4, -0.2) is 30.8 Å². The van der Waals surface area contributed by atoms with Crippen LogP contribution in [0.5, 0.6) is 0 Å². The molecule has 1 rings (SSSR count). The minimum Gasteiger partial charge on any atom is -0.479 e. The van der Waals surface area contributed by atoms with E-state index < -0.39 is 0 Å².